The summed E-state index contributed by atoms with van der Waals surface area (Å²) in [6.45, 7) is 12.6. The number of carbonyl (C=O) groups is 3. The van der Waals surface area contributed by atoms with Crippen LogP contribution in [0.5, 0.6) is 0 Å². The van der Waals surface area contributed by atoms with Crippen molar-refractivity contribution in [3.05, 3.63) is 0 Å². The van der Waals surface area contributed by atoms with Crippen molar-refractivity contribution in [2.75, 3.05) is 32.8 Å². The second kappa shape index (κ2) is 41.5. The summed E-state index contributed by atoms with van der Waals surface area (Å²) in [5, 5.41) is 2.95. The maximum atomic E-state index is 12.8. The number of hydrogen-bond donors (Lipinski definition) is 1. The Kier molecular flexibility index (Phi) is 40.3. The van der Waals surface area contributed by atoms with Crippen molar-refractivity contribution >= 4 is 17.8 Å². The molecule has 0 aliphatic heterocycles. The molecule has 314 valence electrons. The van der Waals surface area contributed by atoms with E-state index in [0.717, 1.165) is 96.7 Å². The van der Waals surface area contributed by atoms with Gasteiger partial charge < -0.3 is 19.7 Å². The Morgan fingerprint density at radius 3 is 1.34 bits per heavy atom. The molecular weight excluding hydrogens is 661 g/mol. The molecule has 0 aliphatic carbocycles. The van der Waals surface area contributed by atoms with E-state index in [4.69, 9.17) is 9.47 Å². The molecule has 1 N–H and O–H groups in total. The molecule has 0 saturated carbocycles. The summed E-state index contributed by atoms with van der Waals surface area (Å²) in [4.78, 5) is 38.7. The first-order valence-corrected chi connectivity index (χ1v) is 23.2. The van der Waals surface area contributed by atoms with E-state index < -0.39 is 0 Å². The maximum Gasteiger partial charge on any atom is 0.306 e. The van der Waals surface area contributed by atoms with E-state index in [2.05, 4.69) is 31.0 Å². The monoisotopic (exact) mass is 751 g/mol. The van der Waals surface area contributed by atoms with Crippen LogP contribution in [0.25, 0.3) is 0 Å². The molecule has 0 aromatic rings. The molecule has 0 spiro atoms. The van der Waals surface area contributed by atoms with Crippen LogP contribution in [0.2, 0.25) is 0 Å². The summed E-state index contributed by atoms with van der Waals surface area (Å²) >= 11 is 0. The number of esters is 2. The smallest absolute Gasteiger partial charge is 0.306 e. The fourth-order valence-corrected chi connectivity index (χ4v) is 7.12. The molecule has 0 bridgehead atoms. The third-order valence-corrected chi connectivity index (χ3v) is 10.6. The number of carbonyl (C=O) groups excluding carboxylic acids is 3. The van der Waals surface area contributed by atoms with Gasteiger partial charge in [0.2, 0.25) is 5.91 Å². The second-order valence-corrected chi connectivity index (χ2v) is 15.9. The van der Waals surface area contributed by atoms with E-state index >= 15 is 0 Å². The van der Waals surface area contributed by atoms with E-state index in [0.29, 0.717) is 26.0 Å². The fourth-order valence-electron chi connectivity index (χ4n) is 7.12. The van der Waals surface area contributed by atoms with Gasteiger partial charge >= 0.3 is 11.9 Å². The molecule has 1 amide bonds. The molecule has 0 radical (unpaired) electrons. The van der Waals surface area contributed by atoms with Gasteiger partial charge in [-0.25, -0.2) is 0 Å². The van der Waals surface area contributed by atoms with Gasteiger partial charge in [0, 0.05) is 32.9 Å². The van der Waals surface area contributed by atoms with Crippen molar-refractivity contribution in [3.8, 4) is 0 Å². The zero-order valence-corrected chi connectivity index (χ0v) is 35.9. The Labute approximate surface area is 329 Å². The molecule has 0 aromatic carbocycles. The third-order valence-electron chi connectivity index (χ3n) is 10.6. The van der Waals surface area contributed by atoms with Crippen molar-refractivity contribution in [2.24, 2.45) is 0 Å². The normalized spacial score (nSPS) is 11.4. The van der Waals surface area contributed by atoms with E-state index in [1.54, 1.807) is 6.92 Å². The van der Waals surface area contributed by atoms with Crippen LogP contribution in [0.4, 0.5) is 0 Å². The van der Waals surface area contributed by atoms with E-state index in [1.807, 2.05) is 0 Å². The minimum Gasteiger partial charge on any atom is -0.466 e. The fraction of sp³-hybridized carbons (Fsp3) is 0.935. The molecule has 0 atom stereocenters. The largest absolute Gasteiger partial charge is 0.466 e. The molecule has 0 unspecified atom stereocenters. The van der Waals surface area contributed by atoms with Crippen molar-refractivity contribution in [1.82, 2.24) is 10.2 Å². The molecule has 0 rings (SSSR count). The zero-order valence-electron chi connectivity index (χ0n) is 35.9. The van der Waals surface area contributed by atoms with E-state index in [-0.39, 0.29) is 23.9 Å². The average Bonchev–Trinajstić information content (AvgIpc) is 3.14. The van der Waals surface area contributed by atoms with Crippen LogP contribution < -0.4 is 5.32 Å². The maximum absolute atomic E-state index is 12.8. The molecule has 0 fully saturated rings. The number of rotatable bonds is 42. The number of unbranched alkanes of at least 4 members (excludes halogenated alkanes) is 24. The Morgan fingerprint density at radius 1 is 0.472 bits per heavy atom. The molecule has 0 heterocycles. The van der Waals surface area contributed by atoms with Crippen molar-refractivity contribution in [2.45, 2.75) is 246 Å². The van der Waals surface area contributed by atoms with Crippen LogP contribution in [-0.2, 0) is 23.9 Å². The van der Waals surface area contributed by atoms with Gasteiger partial charge in [-0.05, 0) is 70.9 Å². The third kappa shape index (κ3) is 39.9. The number of nitrogens with one attached hydrogen (secondary N) is 1. The number of hydrogen-bond acceptors (Lipinski definition) is 6. The van der Waals surface area contributed by atoms with E-state index in [1.165, 1.54) is 122 Å². The van der Waals surface area contributed by atoms with Gasteiger partial charge in [0.1, 0.15) is 6.10 Å². The Hall–Kier alpha value is -1.63. The van der Waals surface area contributed by atoms with Crippen molar-refractivity contribution in [3.63, 3.8) is 0 Å². The molecule has 0 aliphatic rings. The topological polar surface area (TPSA) is 84.9 Å². The van der Waals surface area contributed by atoms with Gasteiger partial charge in [0.15, 0.2) is 0 Å². The van der Waals surface area contributed by atoms with Crippen LogP contribution in [0.15, 0.2) is 0 Å². The molecule has 7 heteroatoms. The first-order valence-electron chi connectivity index (χ1n) is 23.2. The lowest BCUT2D eigenvalue weighted by atomic mass is 10.0. The lowest BCUT2D eigenvalue weighted by molar-refractivity contribution is -0.150. The summed E-state index contributed by atoms with van der Waals surface area (Å²) in [6.07, 6.45) is 38.1. The SMILES string of the molecule is CCCCCCCCCOC(=O)CCCCCCCN(CCCCCCCC(=O)OC(CCCCCCCC)CCCCCCCC)CCNC(C)=O. The van der Waals surface area contributed by atoms with Gasteiger partial charge in [0.05, 0.1) is 6.61 Å². The highest BCUT2D eigenvalue weighted by Gasteiger charge is 2.14. The molecule has 7 nitrogen and oxygen atoms in total. The van der Waals surface area contributed by atoms with Gasteiger partial charge in [0.25, 0.3) is 0 Å². The number of nitrogens with zero attached hydrogens (tertiary/aromatic N) is 1. The number of amides is 1. The minimum absolute atomic E-state index is 0.00912. The average molecular weight is 751 g/mol. The highest BCUT2D eigenvalue weighted by molar-refractivity contribution is 5.72. The Morgan fingerprint density at radius 2 is 0.868 bits per heavy atom. The second-order valence-electron chi connectivity index (χ2n) is 15.9. The summed E-state index contributed by atoms with van der Waals surface area (Å²) in [6, 6.07) is 0. The quantitative estimate of drug-likeness (QED) is 0.0494. The van der Waals surface area contributed by atoms with Crippen molar-refractivity contribution < 1.29 is 23.9 Å². The van der Waals surface area contributed by atoms with Crippen LogP contribution in [0.1, 0.15) is 240 Å². The number of ether oxygens (including phenoxy) is 2. The Bertz CT molecular complexity index is 791. The first-order chi connectivity index (χ1) is 25.9. The molecule has 0 saturated heterocycles. The summed E-state index contributed by atoms with van der Waals surface area (Å²) < 4.78 is 11.5. The summed E-state index contributed by atoms with van der Waals surface area (Å²) in [5.41, 5.74) is 0. The molecule has 53 heavy (non-hydrogen) atoms. The highest BCUT2D eigenvalue weighted by atomic mass is 16.5. The van der Waals surface area contributed by atoms with Crippen molar-refractivity contribution in [1.29, 1.82) is 0 Å². The van der Waals surface area contributed by atoms with Gasteiger partial charge in [-0.2, -0.15) is 0 Å². The summed E-state index contributed by atoms with van der Waals surface area (Å²) in [7, 11) is 0. The zero-order chi connectivity index (χ0) is 38.9. The van der Waals surface area contributed by atoms with Gasteiger partial charge in [-0.15, -0.1) is 0 Å². The van der Waals surface area contributed by atoms with Gasteiger partial charge in [-0.1, -0.05) is 162 Å². The van der Waals surface area contributed by atoms with Gasteiger partial charge in [-0.3, -0.25) is 14.4 Å². The van der Waals surface area contributed by atoms with Crippen LogP contribution in [0.3, 0.4) is 0 Å². The predicted octanol–water partition coefficient (Wildman–Crippen LogP) is 12.8. The predicted molar refractivity (Wildman–Crippen MR) is 225 cm³/mol. The van der Waals surface area contributed by atoms with E-state index in [9.17, 15) is 14.4 Å². The summed E-state index contributed by atoms with van der Waals surface area (Å²) in [5.74, 6) is 0.00158. The first kappa shape index (κ1) is 51.4. The van der Waals surface area contributed by atoms with Crippen LogP contribution in [-0.4, -0.2) is 61.6 Å². The molecule has 0 aromatic heterocycles. The lowest BCUT2D eigenvalue weighted by Crippen LogP contribution is -2.35. The Balaban J connectivity index is 4.17. The lowest BCUT2D eigenvalue weighted by Gasteiger charge is -2.22. The van der Waals surface area contributed by atoms with Crippen LogP contribution >= 0.6 is 0 Å². The minimum atomic E-state index is -0.0358. The standard InChI is InChI=1S/C46H90N2O5/c1-5-8-11-14-17-26-33-42-52-45(50)36-29-22-18-24-31-39-48(41-38-47-43(4)49)40-32-25-19-23-30-37-46(51)53-44(34-27-20-15-12-9-6-2)35-28-21-16-13-10-7-3/h44H,5-42H2,1-4H3,(H,47,49). The molecular formula is C46H90N2O5. The highest BCUT2D eigenvalue weighted by Crippen LogP contribution is 2.18. The van der Waals surface area contributed by atoms with Crippen LogP contribution in [0, 0.1) is 0 Å².